The van der Waals surface area contributed by atoms with Crippen LogP contribution >= 0.6 is 0 Å². The molecule has 1 aliphatic carbocycles. The lowest BCUT2D eigenvalue weighted by Gasteiger charge is -2.21. The lowest BCUT2D eigenvalue weighted by atomic mass is 9.83. The van der Waals surface area contributed by atoms with E-state index in [1.165, 1.54) is 20.1 Å². The van der Waals surface area contributed by atoms with Gasteiger partial charge in [-0.1, -0.05) is 48.5 Å². The molecule has 3 aromatic carbocycles. The summed E-state index contributed by atoms with van der Waals surface area (Å²) in [6, 6.07) is 18.2. The molecule has 0 aliphatic heterocycles. The lowest BCUT2D eigenvalue weighted by molar-refractivity contribution is -0.153. The van der Waals surface area contributed by atoms with Gasteiger partial charge in [-0.25, -0.2) is 0 Å². The highest BCUT2D eigenvalue weighted by molar-refractivity contribution is 6.30. The Balaban J connectivity index is 1.38. The van der Waals surface area contributed by atoms with E-state index in [0.717, 1.165) is 0 Å². The molecule has 0 radical (unpaired) electrons. The molecule has 0 spiro atoms. The van der Waals surface area contributed by atoms with E-state index in [-0.39, 0.29) is 47.0 Å². The zero-order valence-electron chi connectivity index (χ0n) is 19.2. The van der Waals surface area contributed by atoms with Crippen LogP contribution in [0, 0.1) is 0 Å². The van der Waals surface area contributed by atoms with E-state index < -0.39 is 18.0 Å². The van der Waals surface area contributed by atoms with Gasteiger partial charge in [-0.2, -0.15) is 0 Å². The summed E-state index contributed by atoms with van der Waals surface area (Å²) in [5.41, 5.74) is 1.12. The predicted molar refractivity (Wildman–Crippen MR) is 127 cm³/mol. The van der Waals surface area contributed by atoms with E-state index in [1.54, 1.807) is 60.7 Å². The molecule has 0 bridgehead atoms. The van der Waals surface area contributed by atoms with Gasteiger partial charge in [0.2, 0.25) is 0 Å². The first-order chi connectivity index (χ1) is 16.9. The molecule has 1 unspecified atom stereocenters. The summed E-state index contributed by atoms with van der Waals surface area (Å²) >= 11 is 0. The largest absolute Gasteiger partial charge is 0.493 e. The Morgan fingerprint density at radius 1 is 0.829 bits per heavy atom. The van der Waals surface area contributed by atoms with Gasteiger partial charge in [0.25, 0.3) is 5.91 Å². The van der Waals surface area contributed by atoms with Crippen molar-refractivity contribution in [2.45, 2.75) is 19.4 Å². The molecule has 1 N–H and O–H groups in total. The number of methoxy groups -OCH3 is 1. The second-order valence-corrected chi connectivity index (χ2v) is 7.80. The minimum absolute atomic E-state index is 0.0375. The highest BCUT2D eigenvalue weighted by Crippen LogP contribution is 2.32. The highest BCUT2D eigenvalue weighted by atomic mass is 16.6. The zero-order valence-corrected chi connectivity index (χ0v) is 19.2. The smallest absolute Gasteiger partial charge is 0.310 e. The molecule has 178 valence electrons. The highest BCUT2D eigenvalue weighted by Gasteiger charge is 2.32. The van der Waals surface area contributed by atoms with Crippen molar-refractivity contribution in [1.82, 2.24) is 0 Å². The van der Waals surface area contributed by atoms with Crippen molar-refractivity contribution in [3.8, 4) is 11.5 Å². The molecule has 0 fully saturated rings. The topological polar surface area (TPSA) is 108 Å². The maximum absolute atomic E-state index is 13.1. The standard InChI is InChI=1S/C27H23NO7/c1-16(35-23(29)14-15-34-22-13-6-5-12-21(22)33-2)27(32)28-20-11-7-10-19-24(20)26(31)18-9-4-3-8-17(18)25(19)30/h3-13,16H,14-15H2,1-2H3,(H,28,32). The van der Waals surface area contributed by atoms with Gasteiger partial charge in [0, 0.05) is 16.7 Å². The van der Waals surface area contributed by atoms with Crippen LogP contribution in [0.25, 0.3) is 0 Å². The van der Waals surface area contributed by atoms with Crippen LogP contribution in [0.2, 0.25) is 0 Å². The van der Waals surface area contributed by atoms with Gasteiger partial charge in [0.15, 0.2) is 29.2 Å². The molecule has 0 heterocycles. The number of rotatable bonds is 8. The van der Waals surface area contributed by atoms with Crippen molar-refractivity contribution >= 4 is 29.1 Å². The molecule has 4 rings (SSSR count). The number of ether oxygens (including phenoxy) is 3. The Morgan fingerprint density at radius 2 is 1.46 bits per heavy atom. The first-order valence-electron chi connectivity index (χ1n) is 11.0. The van der Waals surface area contributed by atoms with Gasteiger partial charge in [-0.15, -0.1) is 0 Å². The number of carbonyl (C=O) groups is 4. The molecule has 35 heavy (non-hydrogen) atoms. The first kappa shape index (κ1) is 23.7. The normalized spacial score (nSPS) is 12.7. The Morgan fingerprint density at radius 3 is 2.17 bits per heavy atom. The van der Waals surface area contributed by atoms with Crippen LogP contribution in [0.3, 0.4) is 0 Å². The number of hydrogen-bond donors (Lipinski definition) is 1. The second kappa shape index (κ2) is 10.2. The van der Waals surface area contributed by atoms with E-state index in [0.29, 0.717) is 17.1 Å². The number of anilines is 1. The number of nitrogens with one attached hydrogen (secondary N) is 1. The Bertz CT molecular complexity index is 1310. The molecule has 0 saturated carbocycles. The van der Waals surface area contributed by atoms with Gasteiger partial charge in [-0.3, -0.25) is 19.2 Å². The Labute approximate surface area is 201 Å². The fraction of sp³-hybridized carbons (Fsp3) is 0.185. The van der Waals surface area contributed by atoms with Gasteiger partial charge >= 0.3 is 5.97 Å². The molecule has 1 atom stereocenters. The van der Waals surface area contributed by atoms with Gasteiger partial charge in [0.1, 0.15) is 0 Å². The molecular weight excluding hydrogens is 450 g/mol. The van der Waals surface area contributed by atoms with Crippen molar-refractivity contribution in [1.29, 1.82) is 0 Å². The summed E-state index contributed by atoms with van der Waals surface area (Å²) in [6.45, 7) is 1.46. The molecule has 0 aromatic heterocycles. The average molecular weight is 473 g/mol. The predicted octanol–water partition coefficient (Wildman–Crippen LogP) is 3.81. The SMILES string of the molecule is COc1ccccc1OCCC(=O)OC(C)C(=O)Nc1cccc2c1C(=O)c1ccccc1C2=O. The third-order valence-corrected chi connectivity index (χ3v) is 5.52. The van der Waals surface area contributed by atoms with Crippen molar-refractivity contribution in [2.75, 3.05) is 19.0 Å². The number of para-hydroxylation sites is 2. The number of hydrogen-bond acceptors (Lipinski definition) is 7. The summed E-state index contributed by atoms with van der Waals surface area (Å²) in [7, 11) is 1.52. The third-order valence-electron chi connectivity index (χ3n) is 5.52. The van der Waals surface area contributed by atoms with Crippen LogP contribution in [0.5, 0.6) is 11.5 Å². The fourth-order valence-electron chi connectivity index (χ4n) is 3.78. The minimum atomic E-state index is -1.13. The lowest BCUT2D eigenvalue weighted by Crippen LogP contribution is -2.31. The summed E-state index contributed by atoms with van der Waals surface area (Å²) in [5.74, 6) is -0.877. The molecule has 8 heteroatoms. The number of fused-ring (bicyclic) bond motifs is 2. The Kier molecular flexibility index (Phi) is 6.91. The second-order valence-electron chi connectivity index (χ2n) is 7.80. The van der Waals surface area contributed by atoms with Crippen LogP contribution in [0.1, 0.15) is 45.2 Å². The van der Waals surface area contributed by atoms with E-state index >= 15 is 0 Å². The van der Waals surface area contributed by atoms with Crippen LogP contribution in [0.15, 0.2) is 66.7 Å². The molecule has 0 saturated heterocycles. The fourth-order valence-corrected chi connectivity index (χ4v) is 3.78. The average Bonchev–Trinajstić information content (AvgIpc) is 2.87. The van der Waals surface area contributed by atoms with Gasteiger partial charge in [-0.05, 0) is 25.1 Å². The number of carbonyl (C=O) groups excluding carboxylic acids is 4. The maximum atomic E-state index is 13.1. The molecular formula is C27H23NO7. The molecule has 1 amide bonds. The zero-order chi connectivity index (χ0) is 24.9. The summed E-state index contributed by atoms with van der Waals surface area (Å²) in [5, 5.41) is 2.62. The summed E-state index contributed by atoms with van der Waals surface area (Å²) in [6.07, 6.45) is -1.22. The van der Waals surface area contributed by atoms with Crippen LogP contribution in [-0.4, -0.2) is 43.3 Å². The van der Waals surface area contributed by atoms with E-state index in [2.05, 4.69) is 5.32 Å². The van der Waals surface area contributed by atoms with Crippen molar-refractivity contribution in [3.63, 3.8) is 0 Å². The summed E-state index contributed by atoms with van der Waals surface area (Å²) < 4.78 is 16.0. The van der Waals surface area contributed by atoms with Crippen LogP contribution in [0.4, 0.5) is 5.69 Å². The monoisotopic (exact) mass is 473 g/mol. The van der Waals surface area contributed by atoms with E-state index in [1.807, 2.05) is 0 Å². The minimum Gasteiger partial charge on any atom is -0.493 e. The molecule has 8 nitrogen and oxygen atoms in total. The summed E-state index contributed by atoms with van der Waals surface area (Å²) in [4.78, 5) is 50.9. The Hall–Kier alpha value is -4.46. The van der Waals surface area contributed by atoms with Crippen molar-refractivity contribution in [2.24, 2.45) is 0 Å². The number of benzene rings is 3. The van der Waals surface area contributed by atoms with Crippen LogP contribution < -0.4 is 14.8 Å². The van der Waals surface area contributed by atoms with Crippen LogP contribution in [-0.2, 0) is 14.3 Å². The van der Waals surface area contributed by atoms with Crippen molar-refractivity contribution in [3.05, 3.63) is 89.0 Å². The van der Waals surface area contributed by atoms with Gasteiger partial charge < -0.3 is 19.5 Å². The number of esters is 1. The maximum Gasteiger partial charge on any atom is 0.310 e. The first-order valence-corrected chi connectivity index (χ1v) is 11.0. The number of amides is 1. The number of ketones is 2. The third kappa shape index (κ3) is 4.91. The van der Waals surface area contributed by atoms with Gasteiger partial charge in [0.05, 0.1) is 31.4 Å². The van der Waals surface area contributed by atoms with Crippen molar-refractivity contribution < 1.29 is 33.4 Å². The quantitative estimate of drug-likeness (QED) is 0.388. The molecule has 3 aromatic rings. The molecule has 1 aliphatic rings. The van der Waals surface area contributed by atoms with E-state index in [4.69, 9.17) is 14.2 Å². The van der Waals surface area contributed by atoms with E-state index in [9.17, 15) is 19.2 Å².